The monoisotopic (exact) mass is 351 g/mol. The summed E-state index contributed by atoms with van der Waals surface area (Å²) in [7, 11) is 0. The molecule has 5 heteroatoms. The highest BCUT2D eigenvalue weighted by molar-refractivity contribution is 5.84. The molecule has 1 unspecified atom stereocenters. The van der Waals surface area contributed by atoms with Crippen LogP contribution in [-0.2, 0) is 6.42 Å². The van der Waals surface area contributed by atoms with Gasteiger partial charge in [-0.05, 0) is 61.8 Å². The number of hydrogen-bond donors (Lipinski definition) is 0. The second-order valence-corrected chi connectivity index (χ2v) is 7.81. The number of aromatic nitrogens is 4. The van der Waals surface area contributed by atoms with Crippen molar-refractivity contribution >= 4 is 22.5 Å². The summed E-state index contributed by atoms with van der Waals surface area (Å²) in [4.78, 5) is 7.51. The minimum Gasteiger partial charge on any atom is -0.353 e. The summed E-state index contributed by atoms with van der Waals surface area (Å²) < 4.78 is 2.11. The van der Waals surface area contributed by atoms with E-state index >= 15 is 0 Å². The zero-order valence-electron chi connectivity index (χ0n) is 16.2. The third kappa shape index (κ3) is 3.15. The molecule has 4 rings (SSSR count). The predicted octanol–water partition coefficient (Wildman–Crippen LogP) is 4.55. The molecule has 0 radical (unpaired) electrons. The summed E-state index contributed by atoms with van der Waals surface area (Å²) in [6, 6.07) is 4.47. The Morgan fingerprint density at radius 1 is 1.12 bits per heavy atom. The van der Waals surface area contributed by atoms with Crippen LogP contribution < -0.4 is 4.90 Å². The Morgan fingerprint density at radius 3 is 2.77 bits per heavy atom. The van der Waals surface area contributed by atoms with E-state index in [2.05, 4.69) is 52.4 Å². The summed E-state index contributed by atoms with van der Waals surface area (Å²) in [5.74, 6) is 1.83. The SMILES string of the molecule is CCc1cc2nc(N3CCCCC(C)CCC3)c3nncn3c2cc1C. The minimum absolute atomic E-state index is 0.836. The van der Waals surface area contributed by atoms with Crippen molar-refractivity contribution in [2.45, 2.75) is 59.3 Å². The highest BCUT2D eigenvalue weighted by Crippen LogP contribution is 2.27. The summed E-state index contributed by atoms with van der Waals surface area (Å²) in [5, 5.41) is 8.62. The molecule has 0 saturated carbocycles. The van der Waals surface area contributed by atoms with Crippen LogP contribution >= 0.6 is 0 Å². The summed E-state index contributed by atoms with van der Waals surface area (Å²) in [6.45, 7) is 8.87. The lowest BCUT2D eigenvalue weighted by Gasteiger charge is -2.24. The Balaban J connectivity index is 1.82. The van der Waals surface area contributed by atoms with Crippen molar-refractivity contribution in [1.29, 1.82) is 0 Å². The van der Waals surface area contributed by atoms with Gasteiger partial charge in [-0.15, -0.1) is 10.2 Å². The molecule has 0 bridgehead atoms. The first kappa shape index (κ1) is 17.3. The first-order valence-corrected chi connectivity index (χ1v) is 10.0. The van der Waals surface area contributed by atoms with Gasteiger partial charge in [-0.2, -0.15) is 0 Å². The van der Waals surface area contributed by atoms with Crippen LogP contribution in [0.15, 0.2) is 18.5 Å². The topological polar surface area (TPSA) is 46.3 Å². The molecule has 5 nitrogen and oxygen atoms in total. The van der Waals surface area contributed by atoms with E-state index in [4.69, 9.17) is 4.98 Å². The van der Waals surface area contributed by atoms with Crippen LogP contribution in [0.2, 0.25) is 0 Å². The molecule has 0 spiro atoms. The van der Waals surface area contributed by atoms with E-state index < -0.39 is 0 Å². The van der Waals surface area contributed by atoms with Gasteiger partial charge in [-0.1, -0.05) is 26.7 Å². The lowest BCUT2D eigenvalue weighted by molar-refractivity contribution is 0.471. The van der Waals surface area contributed by atoms with Crippen LogP contribution in [-0.4, -0.2) is 32.7 Å². The van der Waals surface area contributed by atoms with E-state index in [0.717, 1.165) is 47.9 Å². The largest absolute Gasteiger partial charge is 0.353 e. The van der Waals surface area contributed by atoms with Gasteiger partial charge in [0.1, 0.15) is 6.33 Å². The number of fused-ring (bicyclic) bond motifs is 3. The molecule has 1 fully saturated rings. The van der Waals surface area contributed by atoms with Crippen LogP contribution in [0.1, 0.15) is 57.1 Å². The molecular weight excluding hydrogens is 322 g/mol. The average molecular weight is 351 g/mol. The van der Waals surface area contributed by atoms with Gasteiger partial charge >= 0.3 is 0 Å². The average Bonchev–Trinajstić information content (AvgIpc) is 3.15. The van der Waals surface area contributed by atoms with Crippen molar-refractivity contribution < 1.29 is 0 Å². The fraction of sp³-hybridized carbons (Fsp3) is 0.571. The van der Waals surface area contributed by atoms with Crippen molar-refractivity contribution in [1.82, 2.24) is 19.6 Å². The quantitative estimate of drug-likeness (QED) is 0.679. The van der Waals surface area contributed by atoms with Gasteiger partial charge in [0.2, 0.25) is 5.65 Å². The lowest BCUT2D eigenvalue weighted by Crippen LogP contribution is -2.27. The van der Waals surface area contributed by atoms with Crippen molar-refractivity contribution in [2.75, 3.05) is 18.0 Å². The van der Waals surface area contributed by atoms with Gasteiger partial charge in [0.15, 0.2) is 5.82 Å². The van der Waals surface area contributed by atoms with Crippen molar-refractivity contribution in [3.05, 3.63) is 29.6 Å². The highest BCUT2D eigenvalue weighted by atomic mass is 15.3. The zero-order chi connectivity index (χ0) is 18.1. The standard InChI is InChI=1S/C21H29N5/c1-4-17-13-18-19(12-16(17)3)26-14-22-24-21(26)20(23-18)25-10-6-5-8-15(2)9-7-11-25/h12-15H,4-11H2,1-3H3. The maximum absolute atomic E-state index is 5.07. The maximum atomic E-state index is 5.07. The molecule has 1 aliphatic rings. The molecule has 1 aromatic carbocycles. The zero-order valence-corrected chi connectivity index (χ0v) is 16.2. The molecular formula is C21H29N5. The number of nitrogens with zero attached hydrogens (tertiary/aromatic N) is 5. The summed E-state index contributed by atoms with van der Waals surface area (Å²) >= 11 is 0. The van der Waals surface area contributed by atoms with Gasteiger partial charge in [0.25, 0.3) is 0 Å². The van der Waals surface area contributed by atoms with Gasteiger partial charge < -0.3 is 4.90 Å². The first-order valence-electron chi connectivity index (χ1n) is 10.0. The Labute approximate surface area is 155 Å². The second-order valence-electron chi connectivity index (χ2n) is 7.81. The molecule has 3 aromatic rings. The predicted molar refractivity (Wildman–Crippen MR) is 107 cm³/mol. The molecule has 138 valence electrons. The molecule has 1 saturated heterocycles. The summed E-state index contributed by atoms with van der Waals surface area (Å²) in [5.41, 5.74) is 5.70. The fourth-order valence-corrected chi connectivity index (χ4v) is 4.22. The smallest absolute Gasteiger partial charge is 0.204 e. The Kier molecular flexibility index (Phi) is 4.79. The van der Waals surface area contributed by atoms with E-state index in [1.807, 2.05) is 6.33 Å². The molecule has 1 atom stereocenters. The van der Waals surface area contributed by atoms with E-state index in [9.17, 15) is 0 Å². The number of anilines is 1. The van der Waals surface area contributed by atoms with E-state index in [1.54, 1.807) is 0 Å². The van der Waals surface area contributed by atoms with Crippen LogP contribution in [0.25, 0.3) is 16.7 Å². The Bertz CT molecular complexity index is 914. The van der Waals surface area contributed by atoms with Gasteiger partial charge in [0.05, 0.1) is 11.0 Å². The number of benzene rings is 1. The number of aryl methyl sites for hydroxylation is 2. The van der Waals surface area contributed by atoms with Crippen molar-refractivity contribution in [3.63, 3.8) is 0 Å². The van der Waals surface area contributed by atoms with E-state index in [0.29, 0.717) is 0 Å². The normalized spacial score (nSPS) is 19.5. The first-order chi connectivity index (χ1) is 12.7. The van der Waals surface area contributed by atoms with Crippen molar-refractivity contribution in [3.8, 4) is 0 Å². The molecule has 0 N–H and O–H groups in total. The minimum atomic E-state index is 0.836. The Morgan fingerprint density at radius 2 is 1.92 bits per heavy atom. The van der Waals surface area contributed by atoms with Crippen LogP contribution in [0.5, 0.6) is 0 Å². The van der Waals surface area contributed by atoms with Gasteiger partial charge in [-0.25, -0.2) is 4.98 Å². The van der Waals surface area contributed by atoms with Crippen LogP contribution in [0.3, 0.4) is 0 Å². The number of hydrogen-bond acceptors (Lipinski definition) is 4. The molecule has 3 heterocycles. The molecule has 1 aliphatic heterocycles. The third-order valence-corrected chi connectivity index (χ3v) is 5.85. The highest BCUT2D eigenvalue weighted by Gasteiger charge is 2.19. The Hall–Kier alpha value is -2.17. The third-order valence-electron chi connectivity index (χ3n) is 5.85. The summed E-state index contributed by atoms with van der Waals surface area (Å²) in [6.07, 6.45) is 9.23. The van der Waals surface area contributed by atoms with Crippen LogP contribution in [0, 0.1) is 12.8 Å². The van der Waals surface area contributed by atoms with Crippen LogP contribution in [0.4, 0.5) is 5.82 Å². The van der Waals surface area contributed by atoms with Gasteiger partial charge in [-0.3, -0.25) is 4.40 Å². The van der Waals surface area contributed by atoms with Crippen molar-refractivity contribution in [2.24, 2.45) is 5.92 Å². The molecule has 26 heavy (non-hydrogen) atoms. The van der Waals surface area contributed by atoms with Gasteiger partial charge in [0, 0.05) is 13.1 Å². The molecule has 0 amide bonds. The van der Waals surface area contributed by atoms with E-state index in [-0.39, 0.29) is 0 Å². The molecule has 2 aromatic heterocycles. The molecule has 0 aliphatic carbocycles. The lowest BCUT2D eigenvalue weighted by atomic mass is 10.00. The fourth-order valence-electron chi connectivity index (χ4n) is 4.22. The second kappa shape index (κ2) is 7.22. The number of rotatable bonds is 2. The van der Waals surface area contributed by atoms with E-state index in [1.165, 1.54) is 43.2 Å². The maximum Gasteiger partial charge on any atom is 0.204 e.